The van der Waals surface area contributed by atoms with Crippen LogP contribution in [0.25, 0.3) is 17.1 Å². The lowest BCUT2D eigenvalue weighted by Gasteiger charge is -2.11. The van der Waals surface area contributed by atoms with Crippen molar-refractivity contribution in [1.82, 2.24) is 19.7 Å². The molecule has 0 saturated heterocycles. The lowest BCUT2D eigenvalue weighted by molar-refractivity contribution is 0.449. The summed E-state index contributed by atoms with van der Waals surface area (Å²) in [6.45, 7) is 1.89. The molecule has 2 aromatic carbocycles. The van der Waals surface area contributed by atoms with Crippen molar-refractivity contribution in [3.05, 3.63) is 72.8 Å². The van der Waals surface area contributed by atoms with Gasteiger partial charge in [0, 0.05) is 23.2 Å². The minimum absolute atomic E-state index is 0.0990. The number of nitrogens with one attached hydrogen (secondary N) is 1. The maximum absolute atomic E-state index is 12.8. The van der Waals surface area contributed by atoms with Gasteiger partial charge >= 0.3 is 0 Å². The minimum Gasteiger partial charge on any atom is -0.508 e. The van der Waals surface area contributed by atoms with Crippen molar-refractivity contribution < 1.29 is 10.2 Å². The SMILES string of the molecule is CCc1[nH]n(-c2c(Cl)cc(Cl)cc2Cl)c2nc(Cc3cc(O)cc(O)c3)nc(=O)c1-2. The largest absolute Gasteiger partial charge is 0.508 e. The van der Waals surface area contributed by atoms with E-state index >= 15 is 0 Å². The Morgan fingerprint density at radius 2 is 1.63 bits per heavy atom. The summed E-state index contributed by atoms with van der Waals surface area (Å²) in [5, 5.41) is 23.5. The molecule has 154 valence electrons. The van der Waals surface area contributed by atoms with Crippen LogP contribution in [0.15, 0.2) is 35.1 Å². The molecule has 7 nitrogen and oxygen atoms in total. The second kappa shape index (κ2) is 7.83. The highest BCUT2D eigenvalue weighted by atomic mass is 35.5. The molecule has 0 bridgehead atoms. The van der Waals surface area contributed by atoms with Crippen LogP contribution in [0.1, 0.15) is 24.0 Å². The van der Waals surface area contributed by atoms with Gasteiger partial charge in [-0.1, -0.05) is 41.7 Å². The van der Waals surface area contributed by atoms with Crippen LogP contribution in [0.4, 0.5) is 0 Å². The second-order valence-corrected chi connectivity index (χ2v) is 7.93. The minimum atomic E-state index is -0.451. The number of halogens is 3. The summed E-state index contributed by atoms with van der Waals surface area (Å²) >= 11 is 18.8. The molecule has 0 saturated carbocycles. The van der Waals surface area contributed by atoms with Crippen molar-refractivity contribution in [1.29, 1.82) is 0 Å². The van der Waals surface area contributed by atoms with E-state index in [1.54, 1.807) is 16.8 Å². The standard InChI is InChI=1S/C20H15Cl3N4O3/c1-2-15-17-19(27(26-15)18-13(22)6-10(21)7-14(18)23)24-16(25-20(17)30)5-9-3-11(28)8-12(29)4-9/h3-4,6-8,26,28-29H,2,5H2,1H3. The molecule has 0 unspecified atom stereocenters. The van der Waals surface area contributed by atoms with E-state index in [-0.39, 0.29) is 33.8 Å². The topological polar surface area (TPSA) is 104 Å². The average molecular weight is 466 g/mol. The van der Waals surface area contributed by atoms with E-state index in [1.165, 1.54) is 18.2 Å². The summed E-state index contributed by atoms with van der Waals surface area (Å²) in [6, 6.07) is 7.24. The van der Waals surface area contributed by atoms with Gasteiger partial charge in [0.05, 0.1) is 10.0 Å². The van der Waals surface area contributed by atoms with Crippen LogP contribution in [-0.2, 0) is 12.8 Å². The van der Waals surface area contributed by atoms with Crippen LogP contribution < -0.4 is 5.56 Å². The summed E-state index contributed by atoms with van der Waals surface area (Å²) in [4.78, 5) is 21.4. The monoisotopic (exact) mass is 464 g/mol. The zero-order valence-electron chi connectivity index (χ0n) is 15.6. The van der Waals surface area contributed by atoms with Gasteiger partial charge in [0.25, 0.3) is 5.56 Å². The van der Waals surface area contributed by atoms with Gasteiger partial charge in [-0.05, 0) is 36.2 Å². The van der Waals surface area contributed by atoms with Crippen LogP contribution in [0.3, 0.4) is 0 Å². The maximum atomic E-state index is 12.8. The Morgan fingerprint density at radius 1 is 1.00 bits per heavy atom. The van der Waals surface area contributed by atoms with E-state index in [9.17, 15) is 15.0 Å². The van der Waals surface area contributed by atoms with Gasteiger partial charge in [0.2, 0.25) is 0 Å². The molecule has 0 spiro atoms. The van der Waals surface area contributed by atoms with Crippen molar-refractivity contribution in [2.24, 2.45) is 0 Å². The Bertz CT molecular complexity index is 1260. The highest BCUT2D eigenvalue weighted by molar-refractivity contribution is 6.40. The van der Waals surface area contributed by atoms with E-state index in [2.05, 4.69) is 15.1 Å². The fraction of sp³-hybridized carbons (Fsp3) is 0.150. The van der Waals surface area contributed by atoms with Gasteiger partial charge in [-0.15, -0.1) is 0 Å². The first-order valence-corrected chi connectivity index (χ1v) is 10.1. The number of benzene rings is 2. The van der Waals surface area contributed by atoms with Crippen LogP contribution >= 0.6 is 34.8 Å². The first-order valence-electron chi connectivity index (χ1n) is 8.94. The predicted octanol–water partition coefficient (Wildman–Crippen LogP) is 4.59. The molecule has 30 heavy (non-hydrogen) atoms. The lowest BCUT2D eigenvalue weighted by Crippen LogP contribution is -2.17. The highest BCUT2D eigenvalue weighted by Gasteiger charge is 2.25. The average Bonchev–Trinajstić information content (AvgIpc) is 2.99. The number of aromatic nitrogens is 4. The molecule has 0 fully saturated rings. The van der Waals surface area contributed by atoms with Crippen LogP contribution in [-0.4, -0.2) is 30.0 Å². The molecule has 3 N–H and O–H groups in total. The van der Waals surface area contributed by atoms with Crippen molar-refractivity contribution in [3.63, 3.8) is 0 Å². The summed E-state index contributed by atoms with van der Waals surface area (Å²) in [5.74, 6) is 0.336. The smallest absolute Gasteiger partial charge is 0.284 e. The van der Waals surface area contributed by atoms with Crippen LogP contribution in [0.2, 0.25) is 15.1 Å². The number of H-pyrrole nitrogens is 1. The zero-order chi connectivity index (χ0) is 21.6. The Hall–Kier alpha value is -2.74. The fourth-order valence-electron chi connectivity index (χ4n) is 3.33. The molecule has 0 radical (unpaired) electrons. The molecular formula is C20H15Cl3N4O3. The Morgan fingerprint density at radius 3 is 2.23 bits per heavy atom. The molecule has 4 rings (SSSR count). The summed E-state index contributed by atoms with van der Waals surface area (Å²) in [7, 11) is 0. The van der Waals surface area contributed by atoms with Gasteiger partial charge < -0.3 is 10.2 Å². The summed E-state index contributed by atoms with van der Waals surface area (Å²) in [5.41, 5.74) is 1.48. The number of nitrogens with zero attached hydrogens (tertiary/aromatic N) is 3. The molecule has 10 heteroatoms. The van der Waals surface area contributed by atoms with Crippen LogP contribution in [0, 0.1) is 0 Å². The summed E-state index contributed by atoms with van der Waals surface area (Å²) in [6.07, 6.45) is 0.659. The second-order valence-electron chi connectivity index (χ2n) is 6.68. The molecule has 0 amide bonds. The molecule has 2 aliphatic heterocycles. The molecule has 2 aromatic rings. The molecule has 2 heterocycles. The zero-order valence-corrected chi connectivity index (χ0v) is 17.8. The Labute approximate surface area is 185 Å². The maximum Gasteiger partial charge on any atom is 0.284 e. The third-order valence-corrected chi connectivity index (χ3v) is 5.34. The first kappa shape index (κ1) is 20.5. The van der Waals surface area contributed by atoms with Crippen molar-refractivity contribution in [2.75, 3.05) is 0 Å². The number of aromatic hydroxyl groups is 2. The predicted molar refractivity (Wildman–Crippen MR) is 116 cm³/mol. The fourth-order valence-corrected chi connectivity index (χ4v) is 4.31. The van der Waals surface area contributed by atoms with Crippen molar-refractivity contribution >= 4 is 34.8 Å². The Balaban J connectivity index is 1.92. The van der Waals surface area contributed by atoms with E-state index < -0.39 is 5.56 Å². The summed E-state index contributed by atoms with van der Waals surface area (Å²) < 4.78 is 1.54. The number of fused-ring (bicyclic) bond motifs is 1. The third-order valence-electron chi connectivity index (χ3n) is 4.55. The lowest BCUT2D eigenvalue weighted by atomic mass is 10.1. The van der Waals surface area contributed by atoms with Gasteiger partial charge in [-0.2, -0.15) is 4.98 Å². The van der Waals surface area contributed by atoms with Crippen molar-refractivity contribution in [3.8, 4) is 28.6 Å². The molecule has 0 aromatic heterocycles. The molecule has 2 aliphatic rings. The van der Waals surface area contributed by atoms with E-state index in [0.717, 1.165) is 0 Å². The number of phenolic OH excluding ortho intramolecular Hbond substituents is 2. The first-order chi connectivity index (χ1) is 14.3. The Kier molecular flexibility index (Phi) is 5.36. The third kappa shape index (κ3) is 3.71. The highest BCUT2D eigenvalue weighted by Crippen LogP contribution is 2.35. The number of aromatic amines is 1. The molecule has 0 aliphatic carbocycles. The number of aryl methyl sites for hydroxylation is 1. The molecular weight excluding hydrogens is 451 g/mol. The van der Waals surface area contributed by atoms with Gasteiger partial charge in [-0.25, -0.2) is 9.67 Å². The van der Waals surface area contributed by atoms with E-state index in [1.807, 2.05) is 6.92 Å². The number of hydrogen-bond acceptors (Lipinski definition) is 5. The van der Waals surface area contributed by atoms with Gasteiger partial charge in [0.15, 0.2) is 5.82 Å². The number of rotatable bonds is 4. The van der Waals surface area contributed by atoms with Gasteiger partial charge in [-0.3, -0.25) is 9.89 Å². The van der Waals surface area contributed by atoms with Gasteiger partial charge in [0.1, 0.15) is 28.6 Å². The van der Waals surface area contributed by atoms with E-state index in [4.69, 9.17) is 34.8 Å². The number of phenols is 2. The normalized spacial score (nSPS) is 11.3. The van der Waals surface area contributed by atoms with E-state index in [0.29, 0.717) is 39.8 Å². The quantitative estimate of drug-likeness (QED) is 0.409. The molecule has 0 atom stereocenters. The van der Waals surface area contributed by atoms with Crippen LogP contribution in [0.5, 0.6) is 11.5 Å². The van der Waals surface area contributed by atoms with Crippen molar-refractivity contribution in [2.45, 2.75) is 19.8 Å². The number of hydrogen-bond donors (Lipinski definition) is 3.